The Labute approximate surface area is 251 Å². The average Bonchev–Trinajstić information content (AvgIpc) is 3.69. The van der Waals surface area contributed by atoms with Crippen molar-refractivity contribution in [2.24, 2.45) is 5.92 Å². The SMILES string of the molecule is C=C(/C=C(F)\C=C(/C)F)[C@H]1OC(O)N(Cc2nc(N3CCC3)ccc2-c2cc([C@H]3C[C@H]3C(=O)OCC)ccc2OC)[C@H]1C. The van der Waals surface area contributed by atoms with Crippen molar-refractivity contribution in [3.63, 3.8) is 0 Å². The lowest BCUT2D eigenvalue weighted by Gasteiger charge is -2.33. The van der Waals surface area contributed by atoms with E-state index in [1.54, 1.807) is 18.9 Å². The number of allylic oxidation sites excluding steroid dienone is 3. The van der Waals surface area contributed by atoms with Gasteiger partial charge in [0.15, 0.2) is 0 Å². The molecule has 1 saturated carbocycles. The first kappa shape index (κ1) is 30.8. The number of rotatable bonds is 11. The molecule has 1 aromatic carbocycles. The van der Waals surface area contributed by atoms with Crippen LogP contribution in [0, 0.1) is 5.92 Å². The average molecular weight is 596 g/mol. The molecule has 0 bridgehead atoms. The molecule has 1 N–H and O–H groups in total. The molecule has 230 valence electrons. The molecule has 2 saturated heterocycles. The number of aliphatic hydroxyl groups is 1. The van der Waals surface area contributed by atoms with E-state index in [1.165, 1.54) is 0 Å². The van der Waals surface area contributed by atoms with Crippen LogP contribution >= 0.6 is 0 Å². The third kappa shape index (κ3) is 6.66. The van der Waals surface area contributed by atoms with E-state index in [1.807, 2.05) is 37.3 Å². The van der Waals surface area contributed by atoms with E-state index < -0.39 is 30.2 Å². The lowest BCUT2D eigenvalue weighted by atomic mass is 9.97. The van der Waals surface area contributed by atoms with Crippen LogP contribution in [0.15, 0.2) is 66.3 Å². The molecule has 3 aliphatic rings. The van der Waals surface area contributed by atoms with Crippen molar-refractivity contribution >= 4 is 11.8 Å². The standard InChI is InChI=1S/C33H39F2N3O5/c1-6-42-32(39)27-17-25(27)22-8-10-29(41-5)26(16-22)24-9-11-30(37-12-7-13-37)36-28(24)18-38-21(4)31(43-33(38)40)19(2)14-23(35)15-20(3)34/h8-11,14-16,21,25,27,31,33,40H,2,6-7,12-13,17-18H2,1,3-5H3/b20-15+,23-14+/t21-,25+,27+,31+,33?/m0/s1. The van der Waals surface area contributed by atoms with E-state index in [-0.39, 0.29) is 29.9 Å². The van der Waals surface area contributed by atoms with Gasteiger partial charge in [0.05, 0.1) is 31.2 Å². The first-order chi connectivity index (χ1) is 20.6. The van der Waals surface area contributed by atoms with Gasteiger partial charge in [-0.25, -0.2) is 18.7 Å². The maximum absolute atomic E-state index is 14.2. The zero-order valence-electron chi connectivity index (χ0n) is 25.1. The minimum atomic E-state index is -1.29. The smallest absolute Gasteiger partial charge is 0.309 e. The van der Waals surface area contributed by atoms with Crippen LogP contribution in [0.4, 0.5) is 14.6 Å². The van der Waals surface area contributed by atoms with Gasteiger partial charge in [-0.3, -0.25) is 4.79 Å². The highest BCUT2D eigenvalue weighted by molar-refractivity contribution is 5.79. The molecule has 3 heterocycles. The molecule has 1 aromatic heterocycles. The summed E-state index contributed by atoms with van der Waals surface area (Å²) in [5.74, 6) is -0.207. The summed E-state index contributed by atoms with van der Waals surface area (Å²) in [6.07, 6.45) is 1.71. The number of esters is 1. The number of pyridine rings is 1. The highest BCUT2D eigenvalue weighted by Gasteiger charge is 2.45. The van der Waals surface area contributed by atoms with Crippen LogP contribution in [-0.2, 0) is 20.8 Å². The van der Waals surface area contributed by atoms with Gasteiger partial charge < -0.3 is 24.2 Å². The number of carbonyl (C=O) groups is 1. The normalized spacial score (nSPS) is 25.8. The molecule has 2 aliphatic heterocycles. The Hall–Kier alpha value is -3.60. The lowest BCUT2D eigenvalue weighted by molar-refractivity contribution is -0.148. The number of nitrogens with zero attached hydrogens (tertiary/aromatic N) is 3. The minimum Gasteiger partial charge on any atom is -0.496 e. The molecule has 1 aliphatic carbocycles. The van der Waals surface area contributed by atoms with Gasteiger partial charge in [-0.15, -0.1) is 0 Å². The highest BCUT2D eigenvalue weighted by Crippen LogP contribution is 2.50. The third-order valence-electron chi connectivity index (χ3n) is 8.33. The Morgan fingerprint density at radius 1 is 1.21 bits per heavy atom. The maximum Gasteiger partial charge on any atom is 0.309 e. The summed E-state index contributed by atoms with van der Waals surface area (Å²) in [5, 5.41) is 10.9. The predicted molar refractivity (Wildman–Crippen MR) is 160 cm³/mol. The zero-order valence-corrected chi connectivity index (χ0v) is 25.1. The molecule has 43 heavy (non-hydrogen) atoms. The van der Waals surface area contributed by atoms with Crippen molar-refractivity contribution in [2.75, 3.05) is 31.7 Å². The highest BCUT2D eigenvalue weighted by atomic mass is 19.1. The second-order valence-electron chi connectivity index (χ2n) is 11.3. The van der Waals surface area contributed by atoms with Crippen LogP contribution in [0.5, 0.6) is 5.75 Å². The number of carbonyl (C=O) groups excluding carboxylic acids is 1. The fourth-order valence-electron chi connectivity index (χ4n) is 5.80. The molecule has 1 unspecified atom stereocenters. The number of hydrogen-bond acceptors (Lipinski definition) is 8. The van der Waals surface area contributed by atoms with Gasteiger partial charge in [0.25, 0.3) is 0 Å². The molecule has 0 radical (unpaired) electrons. The maximum atomic E-state index is 14.2. The molecule has 10 heteroatoms. The number of aromatic nitrogens is 1. The van der Waals surface area contributed by atoms with E-state index in [4.69, 9.17) is 19.2 Å². The summed E-state index contributed by atoms with van der Waals surface area (Å²) in [4.78, 5) is 21.3. The Kier molecular flexibility index (Phi) is 9.29. The van der Waals surface area contributed by atoms with Crippen molar-refractivity contribution in [3.05, 3.63) is 77.5 Å². The topological polar surface area (TPSA) is 84.4 Å². The van der Waals surface area contributed by atoms with Gasteiger partial charge in [-0.1, -0.05) is 12.6 Å². The van der Waals surface area contributed by atoms with E-state index in [0.29, 0.717) is 18.1 Å². The second-order valence-corrected chi connectivity index (χ2v) is 11.3. The quantitative estimate of drug-likeness (QED) is 0.259. The summed E-state index contributed by atoms with van der Waals surface area (Å²) in [6, 6.07) is 9.54. The molecule has 0 amide bonds. The van der Waals surface area contributed by atoms with Crippen LogP contribution in [0.2, 0.25) is 0 Å². The Balaban J connectivity index is 1.46. The summed E-state index contributed by atoms with van der Waals surface area (Å²) < 4.78 is 44.1. The van der Waals surface area contributed by atoms with Crippen LogP contribution in [0.3, 0.4) is 0 Å². The molecule has 2 aromatic rings. The number of benzene rings is 1. The second kappa shape index (κ2) is 13.0. The summed E-state index contributed by atoms with van der Waals surface area (Å²) >= 11 is 0. The molecular formula is C33H39F2N3O5. The van der Waals surface area contributed by atoms with E-state index in [0.717, 1.165) is 67.5 Å². The van der Waals surface area contributed by atoms with Crippen molar-refractivity contribution in [3.8, 4) is 16.9 Å². The molecule has 5 atom stereocenters. The van der Waals surface area contributed by atoms with Crippen LogP contribution in [0.25, 0.3) is 11.1 Å². The fourth-order valence-corrected chi connectivity index (χ4v) is 5.80. The van der Waals surface area contributed by atoms with Crippen molar-refractivity contribution in [1.29, 1.82) is 0 Å². The summed E-state index contributed by atoms with van der Waals surface area (Å²) in [7, 11) is 1.61. The van der Waals surface area contributed by atoms with E-state index in [9.17, 15) is 18.7 Å². The molecule has 5 rings (SSSR count). The fraction of sp³-hybridized carbons (Fsp3) is 0.455. The van der Waals surface area contributed by atoms with E-state index in [2.05, 4.69) is 11.5 Å². The van der Waals surface area contributed by atoms with Gasteiger partial charge in [-0.05, 0) is 81.0 Å². The molecule has 0 spiro atoms. The number of hydrogen-bond donors (Lipinski definition) is 1. The van der Waals surface area contributed by atoms with Crippen molar-refractivity contribution in [1.82, 2.24) is 9.88 Å². The Morgan fingerprint density at radius 3 is 2.63 bits per heavy atom. The predicted octanol–water partition coefficient (Wildman–Crippen LogP) is 5.78. The Bertz CT molecular complexity index is 1440. The summed E-state index contributed by atoms with van der Waals surface area (Å²) in [5.41, 5.74) is 3.66. The number of anilines is 1. The van der Waals surface area contributed by atoms with Gasteiger partial charge in [0, 0.05) is 42.9 Å². The largest absolute Gasteiger partial charge is 0.496 e. The molecular weight excluding hydrogens is 556 g/mol. The number of ether oxygens (including phenoxy) is 3. The van der Waals surface area contributed by atoms with Gasteiger partial charge in [-0.2, -0.15) is 0 Å². The van der Waals surface area contributed by atoms with Crippen LogP contribution in [-0.4, -0.2) is 66.3 Å². The molecule has 3 fully saturated rings. The monoisotopic (exact) mass is 595 g/mol. The number of methoxy groups -OCH3 is 1. The number of aliphatic hydroxyl groups excluding tert-OH is 1. The lowest BCUT2D eigenvalue weighted by Crippen LogP contribution is -2.39. The van der Waals surface area contributed by atoms with Crippen LogP contribution in [0.1, 0.15) is 50.8 Å². The van der Waals surface area contributed by atoms with E-state index >= 15 is 0 Å². The summed E-state index contributed by atoms with van der Waals surface area (Å²) in [6.45, 7) is 11.1. The minimum absolute atomic E-state index is 0.0746. The van der Waals surface area contributed by atoms with Gasteiger partial charge in [0.2, 0.25) is 6.41 Å². The first-order valence-electron chi connectivity index (χ1n) is 14.7. The zero-order chi connectivity index (χ0) is 30.8. The van der Waals surface area contributed by atoms with Gasteiger partial charge in [0.1, 0.15) is 23.5 Å². The molecule has 8 nitrogen and oxygen atoms in total. The Morgan fingerprint density at radius 2 is 1.98 bits per heavy atom. The van der Waals surface area contributed by atoms with Crippen molar-refractivity contribution in [2.45, 2.75) is 64.6 Å². The van der Waals surface area contributed by atoms with Crippen molar-refractivity contribution < 1.29 is 32.9 Å². The third-order valence-corrected chi connectivity index (χ3v) is 8.33. The van der Waals surface area contributed by atoms with Gasteiger partial charge >= 0.3 is 5.97 Å². The van der Waals surface area contributed by atoms with Crippen LogP contribution < -0.4 is 9.64 Å². The number of halogens is 2. The first-order valence-corrected chi connectivity index (χ1v) is 14.7.